The van der Waals surface area contributed by atoms with Gasteiger partial charge in [-0.2, -0.15) is 0 Å². The van der Waals surface area contributed by atoms with Crippen LogP contribution in [0.3, 0.4) is 0 Å². The van der Waals surface area contributed by atoms with E-state index in [9.17, 15) is 4.79 Å². The second kappa shape index (κ2) is 3.69. The van der Waals surface area contributed by atoms with Gasteiger partial charge in [-0.05, 0) is 52.4 Å². The van der Waals surface area contributed by atoms with Crippen LogP contribution >= 0.6 is 22.6 Å². The van der Waals surface area contributed by atoms with Gasteiger partial charge in [0.1, 0.15) is 0 Å². The Morgan fingerprint density at radius 1 is 1.07 bits per heavy atom. The molecule has 0 aliphatic rings. The molecule has 0 amide bonds. The molecule has 0 N–H and O–H groups in total. The first-order valence-electron chi connectivity index (χ1n) is 4.38. The first-order chi connectivity index (χ1) is 6.70. The van der Waals surface area contributed by atoms with E-state index in [-0.39, 0.29) is 5.78 Å². The zero-order chi connectivity index (χ0) is 10.1. The molecule has 0 spiro atoms. The van der Waals surface area contributed by atoms with Crippen molar-refractivity contribution in [3.63, 3.8) is 0 Å². The molecule has 2 aromatic rings. The third kappa shape index (κ3) is 1.54. The van der Waals surface area contributed by atoms with E-state index in [2.05, 4.69) is 22.6 Å². The molecule has 0 radical (unpaired) electrons. The number of rotatable bonds is 1. The first-order valence-corrected chi connectivity index (χ1v) is 5.46. The maximum Gasteiger partial charge on any atom is 0.160 e. The van der Waals surface area contributed by atoms with Crippen LogP contribution in [0.15, 0.2) is 36.4 Å². The van der Waals surface area contributed by atoms with Crippen LogP contribution in [0.25, 0.3) is 10.8 Å². The van der Waals surface area contributed by atoms with Gasteiger partial charge >= 0.3 is 0 Å². The molecule has 2 heteroatoms. The van der Waals surface area contributed by atoms with E-state index in [0.717, 1.165) is 16.3 Å². The zero-order valence-corrected chi connectivity index (χ0v) is 9.91. The van der Waals surface area contributed by atoms with Gasteiger partial charge in [0.05, 0.1) is 0 Å². The average Bonchev–Trinajstić information content (AvgIpc) is 2.18. The summed E-state index contributed by atoms with van der Waals surface area (Å²) < 4.78 is 1.18. The molecule has 0 bridgehead atoms. The van der Waals surface area contributed by atoms with Gasteiger partial charge in [-0.3, -0.25) is 4.79 Å². The molecule has 0 saturated carbocycles. The molecule has 2 rings (SSSR count). The molecule has 2 aromatic carbocycles. The second-order valence-corrected chi connectivity index (χ2v) is 4.36. The van der Waals surface area contributed by atoms with E-state index < -0.39 is 0 Å². The lowest BCUT2D eigenvalue weighted by atomic mass is 10.0. The highest BCUT2D eigenvalue weighted by molar-refractivity contribution is 14.1. The third-order valence-electron chi connectivity index (χ3n) is 2.25. The molecule has 0 atom stereocenters. The zero-order valence-electron chi connectivity index (χ0n) is 7.75. The Morgan fingerprint density at radius 2 is 1.71 bits per heavy atom. The predicted molar refractivity (Wildman–Crippen MR) is 66.7 cm³/mol. The van der Waals surface area contributed by atoms with Crippen molar-refractivity contribution in [2.45, 2.75) is 6.92 Å². The molecular weight excluding hydrogens is 287 g/mol. The van der Waals surface area contributed by atoms with Crippen LogP contribution in [-0.4, -0.2) is 5.78 Å². The van der Waals surface area contributed by atoms with Crippen molar-refractivity contribution >= 4 is 39.1 Å². The molecule has 0 aromatic heterocycles. The summed E-state index contributed by atoms with van der Waals surface area (Å²) in [6.07, 6.45) is 0. The summed E-state index contributed by atoms with van der Waals surface area (Å²) >= 11 is 2.29. The van der Waals surface area contributed by atoms with Gasteiger partial charge in [0.2, 0.25) is 0 Å². The van der Waals surface area contributed by atoms with E-state index in [0.29, 0.717) is 0 Å². The Hall–Kier alpha value is -0.900. The number of carbonyl (C=O) groups excluding carboxylic acids is 1. The summed E-state index contributed by atoms with van der Waals surface area (Å²) in [6, 6.07) is 11.9. The minimum atomic E-state index is 0.123. The quantitative estimate of drug-likeness (QED) is 0.580. The number of halogens is 1. The number of carbonyl (C=O) groups is 1. The lowest BCUT2D eigenvalue weighted by Gasteiger charge is -2.04. The van der Waals surface area contributed by atoms with Crippen LogP contribution in [-0.2, 0) is 0 Å². The summed E-state index contributed by atoms with van der Waals surface area (Å²) in [7, 11) is 0. The fourth-order valence-electron chi connectivity index (χ4n) is 1.57. The Kier molecular flexibility index (Phi) is 2.54. The van der Waals surface area contributed by atoms with Crippen molar-refractivity contribution in [2.24, 2.45) is 0 Å². The smallest absolute Gasteiger partial charge is 0.160 e. The number of benzene rings is 2. The van der Waals surface area contributed by atoms with Crippen molar-refractivity contribution in [1.29, 1.82) is 0 Å². The Morgan fingerprint density at radius 3 is 2.36 bits per heavy atom. The van der Waals surface area contributed by atoms with Crippen molar-refractivity contribution in [1.82, 2.24) is 0 Å². The summed E-state index contributed by atoms with van der Waals surface area (Å²) in [5, 5.41) is 2.20. The Bertz CT molecular complexity index is 503. The van der Waals surface area contributed by atoms with Crippen molar-refractivity contribution < 1.29 is 4.79 Å². The van der Waals surface area contributed by atoms with Gasteiger partial charge in [0.25, 0.3) is 0 Å². The lowest BCUT2D eigenvalue weighted by Crippen LogP contribution is -1.94. The van der Waals surface area contributed by atoms with Gasteiger partial charge in [0.15, 0.2) is 5.78 Å². The maximum atomic E-state index is 11.4. The molecule has 0 aliphatic carbocycles. The molecule has 14 heavy (non-hydrogen) atoms. The number of fused-ring (bicyclic) bond motifs is 1. The molecular formula is C12H9IO. The summed E-state index contributed by atoms with van der Waals surface area (Å²) in [6.45, 7) is 1.61. The fourth-order valence-corrected chi connectivity index (χ4v) is 2.22. The first kappa shape index (κ1) is 9.65. The second-order valence-electron chi connectivity index (χ2n) is 3.20. The molecule has 0 unspecified atom stereocenters. The van der Waals surface area contributed by atoms with E-state index in [1.165, 1.54) is 3.57 Å². The van der Waals surface area contributed by atoms with Crippen molar-refractivity contribution in [2.75, 3.05) is 0 Å². The Balaban J connectivity index is 2.88. The summed E-state index contributed by atoms with van der Waals surface area (Å²) in [5.74, 6) is 0.123. The highest BCUT2D eigenvalue weighted by Gasteiger charge is 2.06. The fraction of sp³-hybridized carbons (Fsp3) is 0.0833. The molecule has 1 nitrogen and oxygen atoms in total. The van der Waals surface area contributed by atoms with Gasteiger partial charge in [-0.15, -0.1) is 0 Å². The van der Waals surface area contributed by atoms with Gasteiger partial charge in [-0.25, -0.2) is 0 Å². The van der Waals surface area contributed by atoms with Crippen LogP contribution in [0.1, 0.15) is 17.3 Å². The third-order valence-corrected chi connectivity index (χ3v) is 3.19. The topological polar surface area (TPSA) is 17.1 Å². The maximum absolute atomic E-state index is 11.4. The van der Waals surface area contributed by atoms with Gasteiger partial charge in [0, 0.05) is 9.13 Å². The monoisotopic (exact) mass is 296 g/mol. The van der Waals surface area contributed by atoms with Gasteiger partial charge < -0.3 is 0 Å². The van der Waals surface area contributed by atoms with E-state index >= 15 is 0 Å². The van der Waals surface area contributed by atoms with E-state index in [1.807, 2.05) is 36.4 Å². The van der Waals surface area contributed by atoms with Crippen LogP contribution in [0, 0.1) is 3.57 Å². The van der Waals surface area contributed by atoms with Crippen LogP contribution in [0.4, 0.5) is 0 Å². The minimum absolute atomic E-state index is 0.123. The summed E-state index contributed by atoms with van der Waals surface area (Å²) in [5.41, 5.74) is 0.806. The van der Waals surface area contributed by atoms with Crippen molar-refractivity contribution in [3.8, 4) is 0 Å². The number of ketones is 1. The lowest BCUT2D eigenvalue weighted by molar-refractivity contribution is 0.101. The highest BCUT2D eigenvalue weighted by Crippen LogP contribution is 2.24. The van der Waals surface area contributed by atoms with E-state index in [4.69, 9.17) is 0 Å². The molecule has 0 aliphatic heterocycles. The summed E-state index contributed by atoms with van der Waals surface area (Å²) in [4.78, 5) is 11.4. The molecule has 0 saturated heterocycles. The number of hydrogen-bond acceptors (Lipinski definition) is 1. The molecule has 0 heterocycles. The average molecular weight is 296 g/mol. The van der Waals surface area contributed by atoms with E-state index in [1.54, 1.807) is 6.92 Å². The van der Waals surface area contributed by atoms with Crippen LogP contribution in [0.5, 0.6) is 0 Å². The minimum Gasteiger partial charge on any atom is -0.294 e. The number of hydrogen-bond donors (Lipinski definition) is 0. The van der Waals surface area contributed by atoms with Crippen molar-refractivity contribution in [3.05, 3.63) is 45.5 Å². The largest absolute Gasteiger partial charge is 0.294 e. The van der Waals surface area contributed by atoms with Crippen LogP contribution < -0.4 is 0 Å². The Labute approximate surface area is 96.3 Å². The molecule has 0 fully saturated rings. The SMILES string of the molecule is CC(=O)c1ccc(I)c2ccccc12. The number of Topliss-reactive ketones (excluding diaryl/α,β-unsaturated/α-hetero) is 1. The predicted octanol–water partition coefficient (Wildman–Crippen LogP) is 3.65. The standard InChI is InChI=1S/C12H9IO/c1-8(14)9-6-7-12(13)11-5-3-2-4-10(9)11/h2-7H,1H3. The van der Waals surface area contributed by atoms with Gasteiger partial charge in [-0.1, -0.05) is 24.3 Å². The van der Waals surface area contributed by atoms with Crippen LogP contribution in [0.2, 0.25) is 0 Å². The molecule has 70 valence electrons. The highest BCUT2D eigenvalue weighted by atomic mass is 127. The normalized spacial score (nSPS) is 10.4.